The SMILES string of the molecule is COc1ccc(CC(=O)n2nc(C)c(S(=O)(=O)N3CCCCCC3)c2C)cc1. The van der Waals surface area contributed by atoms with Crippen LogP contribution in [0.2, 0.25) is 0 Å². The average Bonchev–Trinajstić information content (AvgIpc) is 2.85. The molecule has 1 aliphatic heterocycles. The Bertz CT molecular complexity index is 941. The number of carbonyl (C=O) groups excluding carboxylic acids is 1. The number of sulfonamides is 1. The summed E-state index contributed by atoms with van der Waals surface area (Å²) in [6.45, 7) is 4.34. The van der Waals surface area contributed by atoms with E-state index in [2.05, 4.69) is 5.10 Å². The quantitative estimate of drug-likeness (QED) is 0.764. The van der Waals surface area contributed by atoms with Gasteiger partial charge in [0, 0.05) is 13.1 Å². The van der Waals surface area contributed by atoms with Gasteiger partial charge in [0.05, 0.1) is 24.9 Å². The second-order valence-electron chi connectivity index (χ2n) is 7.15. The molecule has 7 nitrogen and oxygen atoms in total. The van der Waals surface area contributed by atoms with Crippen LogP contribution in [0, 0.1) is 13.8 Å². The third-order valence-corrected chi connectivity index (χ3v) is 7.29. The molecule has 0 atom stereocenters. The summed E-state index contributed by atoms with van der Waals surface area (Å²) in [7, 11) is -2.07. The van der Waals surface area contributed by atoms with E-state index in [9.17, 15) is 13.2 Å². The second-order valence-corrected chi connectivity index (χ2v) is 9.02. The molecule has 1 aromatic carbocycles. The highest BCUT2D eigenvalue weighted by Crippen LogP contribution is 2.26. The molecule has 3 rings (SSSR count). The molecule has 0 N–H and O–H groups in total. The van der Waals surface area contributed by atoms with Crippen molar-refractivity contribution in [3.8, 4) is 5.75 Å². The number of methoxy groups -OCH3 is 1. The maximum atomic E-state index is 13.2. The Morgan fingerprint density at radius 1 is 1.07 bits per heavy atom. The highest BCUT2D eigenvalue weighted by Gasteiger charge is 2.32. The highest BCUT2D eigenvalue weighted by molar-refractivity contribution is 7.89. The molecule has 0 amide bonds. The van der Waals surface area contributed by atoms with Gasteiger partial charge >= 0.3 is 0 Å². The minimum absolute atomic E-state index is 0.134. The molecule has 28 heavy (non-hydrogen) atoms. The van der Waals surface area contributed by atoms with Crippen LogP contribution < -0.4 is 4.74 Å². The van der Waals surface area contributed by atoms with E-state index in [0.717, 1.165) is 31.2 Å². The van der Waals surface area contributed by atoms with Crippen molar-refractivity contribution in [3.63, 3.8) is 0 Å². The molecule has 2 heterocycles. The van der Waals surface area contributed by atoms with Gasteiger partial charge in [-0.25, -0.2) is 13.1 Å². The lowest BCUT2D eigenvalue weighted by molar-refractivity contribution is 0.0895. The molecule has 2 aromatic rings. The van der Waals surface area contributed by atoms with Crippen molar-refractivity contribution in [3.05, 3.63) is 41.2 Å². The Labute approximate surface area is 166 Å². The van der Waals surface area contributed by atoms with Crippen LogP contribution in [0.1, 0.15) is 47.4 Å². The van der Waals surface area contributed by atoms with Crippen LogP contribution in [-0.2, 0) is 16.4 Å². The van der Waals surface area contributed by atoms with E-state index in [0.29, 0.717) is 30.2 Å². The van der Waals surface area contributed by atoms with Gasteiger partial charge in [-0.05, 0) is 44.4 Å². The van der Waals surface area contributed by atoms with Crippen LogP contribution in [0.25, 0.3) is 0 Å². The van der Waals surface area contributed by atoms with E-state index in [-0.39, 0.29) is 17.2 Å². The predicted octanol–water partition coefficient (Wildman–Crippen LogP) is 2.96. The first kappa shape index (κ1) is 20.5. The fraction of sp³-hybridized carbons (Fsp3) is 0.500. The number of ether oxygens (including phenoxy) is 1. The number of carbonyl (C=O) groups is 1. The van der Waals surface area contributed by atoms with Crippen molar-refractivity contribution in [2.75, 3.05) is 20.2 Å². The second kappa shape index (κ2) is 8.45. The van der Waals surface area contributed by atoms with Gasteiger partial charge in [-0.2, -0.15) is 9.40 Å². The summed E-state index contributed by atoms with van der Waals surface area (Å²) in [6, 6.07) is 7.21. The zero-order valence-corrected chi connectivity index (χ0v) is 17.5. The van der Waals surface area contributed by atoms with E-state index in [1.165, 1.54) is 8.99 Å². The number of aromatic nitrogens is 2. The third kappa shape index (κ3) is 4.12. The van der Waals surface area contributed by atoms with Crippen LogP contribution in [0.3, 0.4) is 0 Å². The Morgan fingerprint density at radius 2 is 1.68 bits per heavy atom. The van der Waals surface area contributed by atoms with E-state index < -0.39 is 10.0 Å². The number of hydrogen-bond donors (Lipinski definition) is 0. The Hall–Kier alpha value is -2.19. The molecule has 0 unspecified atom stereocenters. The summed E-state index contributed by atoms with van der Waals surface area (Å²) in [4.78, 5) is 12.9. The molecule has 8 heteroatoms. The van der Waals surface area contributed by atoms with Gasteiger partial charge in [-0.1, -0.05) is 25.0 Å². The zero-order chi connectivity index (χ0) is 20.3. The molecular weight excluding hydrogens is 378 g/mol. The average molecular weight is 406 g/mol. The Kier molecular flexibility index (Phi) is 6.20. The molecule has 152 valence electrons. The first-order valence-electron chi connectivity index (χ1n) is 9.57. The van der Waals surface area contributed by atoms with Gasteiger partial charge in [0.1, 0.15) is 10.6 Å². The third-order valence-electron chi connectivity index (χ3n) is 5.14. The molecule has 1 aliphatic rings. The lowest BCUT2D eigenvalue weighted by Crippen LogP contribution is -2.32. The monoisotopic (exact) mass is 405 g/mol. The number of rotatable bonds is 5. The predicted molar refractivity (Wildman–Crippen MR) is 106 cm³/mol. The highest BCUT2D eigenvalue weighted by atomic mass is 32.2. The number of benzene rings is 1. The maximum absolute atomic E-state index is 13.2. The summed E-state index contributed by atoms with van der Waals surface area (Å²) in [5.74, 6) is 0.455. The Morgan fingerprint density at radius 3 is 2.25 bits per heavy atom. The minimum Gasteiger partial charge on any atom is -0.497 e. The lowest BCUT2D eigenvalue weighted by Gasteiger charge is -2.20. The zero-order valence-electron chi connectivity index (χ0n) is 16.6. The van der Waals surface area contributed by atoms with Gasteiger partial charge in [0.25, 0.3) is 5.91 Å². The van der Waals surface area contributed by atoms with Gasteiger partial charge in [0.15, 0.2) is 0 Å². The lowest BCUT2D eigenvalue weighted by atomic mass is 10.1. The van der Waals surface area contributed by atoms with Crippen molar-refractivity contribution in [1.82, 2.24) is 14.1 Å². The van der Waals surface area contributed by atoms with Crippen molar-refractivity contribution in [1.29, 1.82) is 0 Å². The largest absolute Gasteiger partial charge is 0.497 e. The van der Waals surface area contributed by atoms with Crippen LogP contribution in [0.5, 0.6) is 5.75 Å². The fourth-order valence-corrected chi connectivity index (χ4v) is 5.52. The van der Waals surface area contributed by atoms with Crippen LogP contribution in [0.15, 0.2) is 29.2 Å². The molecule has 0 radical (unpaired) electrons. The fourth-order valence-electron chi connectivity index (χ4n) is 3.65. The van der Waals surface area contributed by atoms with E-state index in [1.807, 2.05) is 12.1 Å². The molecule has 1 aromatic heterocycles. The van der Waals surface area contributed by atoms with E-state index in [1.54, 1.807) is 33.1 Å². The summed E-state index contributed by atoms with van der Waals surface area (Å²) in [5.41, 5.74) is 1.56. The maximum Gasteiger partial charge on any atom is 0.251 e. The summed E-state index contributed by atoms with van der Waals surface area (Å²) in [5, 5.41) is 4.26. The van der Waals surface area contributed by atoms with Crippen LogP contribution in [0.4, 0.5) is 0 Å². The molecule has 1 fully saturated rings. The van der Waals surface area contributed by atoms with Gasteiger partial charge in [0.2, 0.25) is 10.0 Å². The van der Waals surface area contributed by atoms with Crippen molar-refractivity contribution in [2.45, 2.75) is 50.8 Å². The van der Waals surface area contributed by atoms with Crippen molar-refractivity contribution >= 4 is 15.9 Å². The Balaban J connectivity index is 1.86. The smallest absolute Gasteiger partial charge is 0.251 e. The van der Waals surface area contributed by atoms with E-state index in [4.69, 9.17) is 4.74 Å². The minimum atomic E-state index is -3.66. The summed E-state index contributed by atoms with van der Waals surface area (Å²) >= 11 is 0. The first-order chi connectivity index (χ1) is 13.3. The summed E-state index contributed by atoms with van der Waals surface area (Å²) in [6.07, 6.45) is 3.95. The standard InChI is InChI=1S/C20H27N3O4S/c1-15-20(28(25,26)22-12-6-4-5-7-13-22)16(2)23(21-15)19(24)14-17-8-10-18(27-3)11-9-17/h8-11H,4-7,12-14H2,1-3H3. The summed E-state index contributed by atoms with van der Waals surface area (Å²) < 4.78 is 34.3. The van der Waals surface area contributed by atoms with Gasteiger partial charge in [-0.3, -0.25) is 4.79 Å². The van der Waals surface area contributed by atoms with E-state index >= 15 is 0 Å². The molecule has 0 aliphatic carbocycles. The van der Waals surface area contributed by atoms with Crippen LogP contribution in [-0.4, -0.2) is 48.6 Å². The van der Waals surface area contributed by atoms with Gasteiger partial charge in [-0.15, -0.1) is 0 Å². The first-order valence-corrected chi connectivity index (χ1v) is 11.0. The molecule has 1 saturated heterocycles. The van der Waals surface area contributed by atoms with Crippen molar-refractivity contribution in [2.24, 2.45) is 0 Å². The number of nitrogens with zero attached hydrogens (tertiary/aromatic N) is 3. The number of aryl methyl sites for hydroxylation is 1. The molecular formula is C20H27N3O4S. The van der Waals surface area contributed by atoms with Crippen molar-refractivity contribution < 1.29 is 17.9 Å². The number of hydrogen-bond acceptors (Lipinski definition) is 5. The molecule has 0 saturated carbocycles. The van der Waals surface area contributed by atoms with Gasteiger partial charge < -0.3 is 4.74 Å². The van der Waals surface area contributed by atoms with Crippen LogP contribution >= 0.6 is 0 Å². The molecule has 0 spiro atoms. The normalized spacial score (nSPS) is 16.0. The molecule has 0 bridgehead atoms. The topological polar surface area (TPSA) is 81.5 Å².